The van der Waals surface area contributed by atoms with E-state index in [-0.39, 0.29) is 18.5 Å². The minimum absolute atomic E-state index is 0.0676. The normalized spacial score (nSPS) is 19.6. The molecule has 1 aliphatic carbocycles. The predicted molar refractivity (Wildman–Crippen MR) is 109 cm³/mol. The number of Topliss-reactive ketones (excluding diaryl/α,β-unsaturated/α-hetero) is 1. The number of hydrogen-bond acceptors (Lipinski definition) is 3. The van der Waals surface area contributed by atoms with Crippen molar-refractivity contribution < 1.29 is 14.3 Å². The third-order valence-corrected chi connectivity index (χ3v) is 5.29. The molecular weight excluding hydrogens is 360 g/mol. The summed E-state index contributed by atoms with van der Waals surface area (Å²) in [4.78, 5) is 10.9. The summed E-state index contributed by atoms with van der Waals surface area (Å²) in [5, 5.41) is 0.732. The van der Waals surface area contributed by atoms with E-state index >= 15 is 0 Å². The van der Waals surface area contributed by atoms with Crippen LogP contribution in [0, 0.1) is 0 Å². The lowest BCUT2D eigenvalue weighted by Gasteiger charge is -2.30. The Kier molecular flexibility index (Phi) is 7.31. The van der Waals surface area contributed by atoms with Crippen molar-refractivity contribution in [3.05, 3.63) is 64.7 Å². The molecule has 2 atom stereocenters. The molecule has 144 valence electrons. The van der Waals surface area contributed by atoms with Crippen LogP contribution in [0.3, 0.4) is 0 Å². The second-order valence-electron chi connectivity index (χ2n) is 7.30. The van der Waals surface area contributed by atoms with Gasteiger partial charge in [-0.15, -0.1) is 0 Å². The molecule has 0 bridgehead atoms. The molecule has 3 rings (SSSR count). The highest BCUT2D eigenvalue weighted by atomic mass is 35.5. The van der Waals surface area contributed by atoms with E-state index in [0.717, 1.165) is 30.0 Å². The van der Waals surface area contributed by atoms with Crippen LogP contribution in [0.2, 0.25) is 5.02 Å². The molecule has 0 amide bonds. The molecule has 1 fully saturated rings. The quantitative estimate of drug-likeness (QED) is 0.554. The molecule has 2 unspecified atom stereocenters. The molecule has 2 aromatic rings. The molecule has 2 aromatic carbocycles. The summed E-state index contributed by atoms with van der Waals surface area (Å²) >= 11 is 5.95. The van der Waals surface area contributed by atoms with Gasteiger partial charge in [0.1, 0.15) is 12.4 Å². The summed E-state index contributed by atoms with van der Waals surface area (Å²) in [6, 6.07) is 16.4. The van der Waals surface area contributed by atoms with Gasteiger partial charge in [-0.3, -0.25) is 4.79 Å². The maximum absolute atomic E-state index is 10.9. The van der Waals surface area contributed by atoms with Crippen molar-refractivity contribution in [2.24, 2.45) is 0 Å². The zero-order valence-corrected chi connectivity index (χ0v) is 16.6. The molecule has 27 heavy (non-hydrogen) atoms. The SMILES string of the molecule is CC(=O)COCCc1ccc(C2CCCC(Oc3ccc(Cl)cc3)C2)cc1. The molecule has 0 aliphatic heterocycles. The van der Waals surface area contributed by atoms with Crippen LogP contribution in [0.5, 0.6) is 5.75 Å². The average Bonchev–Trinajstić information content (AvgIpc) is 2.68. The Morgan fingerprint density at radius 3 is 2.52 bits per heavy atom. The van der Waals surface area contributed by atoms with Crippen molar-refractivity contribution in [2.75, 3.05) is 13.2 Å². The third-order valence-electron chi connectivity index (χ3n) is 5.03. The van der Waals surface area contributed by atoms with Gasteiger partial charge in [0.15, 0.2) is 5.78 Å². The van der Waals surface area contributed by atoms with Crippen molar-refractivity contribution >= 4 is 17.4 Å². The van der Waals surface area contributed by atoms with Crippen LogP contribution in [-0.2, 0) is 16.0 Å². The molecule has 3 nitrogen and oxygen atoms in total. The number of rotatable bonds is 8. The minimum Gasteiger partial charge on any atom is -0.490 e. The van der Waals surface area contributed by atoms with Crippen LogP contribution < -0.4 is 4.74 Å². The van der Waals surface area contributed by atoms with Gasteiger partial charge < -0.3 is 9.47 Å². The number of benzene rings is 2. The highest BCUT2D eigenvalue weighted by molar-refractivity contribution is 6.30. The topological polar surface area (TPSA) is 35.5 Å². The first-order valence-electron chi connectivity index (χ1n) is 9.68. The maximum atomic E-state index is 10.9. The lowest BCUT2D eigenvalue weighted by molar-refractivity contribution is -0.121. The zero-order chi connectivity index (χ0) is 19.1. The van der Waals surface area contributed by atoms with Crippen molar-refractivity contribution in [1.29, 1.82) is 0 Å². The van der Waals surface area contributed by atoms with E-state index in [1.165, 1.54) is 24.0 Å². The van der Waals surface area contributed by atoms with Crippen LogP contribution in [-0.4, -0.2) is 25.1 Å². The Hall–Kier alpha value is -1.84. The van der Waals surface area contributed by atoms with E-state index in [4.69, 9.17) is 21.1 Å². The average molecular weight is 387 g/mol. The number of ether oxygens (including phenoxy) is 2. The van der Waals surface area contributed by atoms with Crippen LogP contribution >= 0.6 is 11.6 Å². The minimum atomic E-state index is 0.0676. The number of halogens is 1. The fourth-order valence-corrected chi connectivity index (χ4v) is 3.75. The smallest absolute Gasteiger partial charge is 0.155 e. The van der Waals surface area contributed by atoms with E-state index in [1.807, 2.05) is 24.3 Å². The van der Waals surface area contributed by atoms with E-state index in [9.17, 15) is 4.79 Å². The summed E-state index contributed by atoms with van der Waals surface area (Å²) in [6.07, 6.45) is 5.63. The van der Waals surface area contributed by atoms with Crippen molar-refractivity contribution in [1.82, 2.24) is 0 Å². The van der Waals surface area contributed by atoms with Gasteiger partial charge in [0, 0.05) is 5.02 Å². The van der Waals surface area contributed by atoms with Crippen molar-refractivity contribution in [2.45, 2.75) is 51.0 Å². The van der Waals surface area contributed by atoms with Crippen LogP contribution in [0.1, 0.15) is 49.7 Å². The Labute approximate surface area is 166 Å². The predicted octanol–water partition coefficient (Wildman–Crippen LogP) is 5.59. The Morgan fingerprint density at radius 1 is 1.07 bits per heavy atom. The highest BCUT2D eigenvalue weighted by Gasteiger charge is 2.24. The fourth-order valence-electron chi connectivity index (χ4n) is 3.62. The van der Waals surface area contributed by atoms with E-state index in [0.29, 0.717) is 12.5 Å². The molecule has 4 heteroatoms. The Morgan fingerprint density at radius 2 is 1.81 bits per heavy atom. The number of hydrogen-bond donors (Lipinski definition) is 0. The van der Waals surface area contributed by atoms with Gasteiger partial charge in [-0.2, -0.15) is 0 Å². The molecule has 0 aromatic heterocycles. The van der Waals surface area contributed by atoms with Crippen LogP contribution in [0.25, 0.3) is 0 Å². The van der Waals surface area contributed by atoms with Gasteiger partial charge in [0.05, 0.1) is 12.7 Å². The summed E-state index contributed by atoms with van der Waals surface area (Å²) in [7, 11) is 0. The first-order valence-corrected chi connectivity index (χ1v) is 10.1. The maximum Gasteiger partial charge on any atom is 0.155 e. The van der Waals surface area contributed by atoms with Gasteiger partial charge in [0.25, 0.3) is 0 Å². The molecule has 0 N–H and O–H groups in total. The molecule has 0 heterocycles. The first kappa shape index (κ1) is 19.9. The summed E-state index contributed by atoms with van der Waals surface area (Å²) in [6.45, 7) is 2.33. The Bertz CT molecular complexity index is 724. The molecule has 1 aliphatic rings. The third kappa shape index (κ3) is 6.37. The van der Waals surface area contributed by atoms with Gasteiger partial charge in [-0.25, -0.2) is 0 Å². The number of ketones is 1. The molecular formula is C23H27ClO3. The first-order chi connectivity index (χ1) is 13.1. The molecule has 0 saturated heterocycles. The lowest BCUT2D eigenvalue weighted by atomic mass is 9.82. The molecule has 0 radical (unpaired) electrons. The van der Waals surface area contributed by atoms with Crippen molar-refractivity contribution in [3.8, 4) is 5.75 Å². The summed E-state index contributed by atoms with van der Waals surface area (Å²) in [5.41, 5.74) is 2.62. The van der Waals surface area contributed by atoms with Crippen molar-refractivity contribution in [3.63, 3.8) is 0 Å². The largest absolute Gasteiger partial charge is 0.490 e. The lowest BCUT2D eigenvalue weighted by Crippen LogP contribution is -2.24. The van der Waals surface area contributed by atoms with Crippen LogP contribution in [0.15, 0.2) is 48.5 Å². The van der Waals surface area contributed by atoms with Gasteiger partial charge in [-0.05, 0) is 80.3 Å². The standard InChI is InChI=1S/C23H27ClO3/c1-17(25)16-26-14-13-18-5-7-19(8-6-18)20-3-2-4-23(15-20)27-22-11-9-21(24)10-12-22/h5-12,20,23H,2-4,13-16H2,1H3. The molecule has 1 saturated carbocycles. The van der Waals surface area contributed by atoms with Crippen LogP contribution in [0.4, 0.5) is 0 Å². The summed E-state index contributed by atoms with van der Waals surface area (Å²) in [5.74, 6) is 1.50. The fraction of sp³-hybridized carbons (Fsp3) is 0.435. The number of carbonyl (C=O) groups excluding carboxylic acids is 1. The number of carbonyl (C=O) groups is 1. The van der Waals surface area contributed by atoms with Gasteiger partial charge in [0.2, 0.25) is 0 Å². The zero-order valence-electron chi connectivity index (χ0n) is 15.8. The van der Waals surface area contributed by atoms with Gasteiger partial charge >= 0.3 is 0 Å². The second kappa shape index (κ2) is 9.91. The highest BCUT2D eigenvalue weighted by Crippen LogP contribution is 2.35. The molecule has 0 spiro atoms. The van der Waals surface area contributed by atoms with E-state index in [2.05, 4.69) is 24.3 Å². The van der Waals surface area contributed by atoms with E-state index in [1.54, 1.807) is 6.92 Å². The van der Waals surface area contributed by atoms with E-state index < -0.39 is 0 Å². The Balaban J connectivity index is 1.51. The van der Waals surface area contributed by atoms with Gasteiger partial charge in [-0.1, -0.05) is 35.9 Å². The monoisotopic (exact) mass is 386 g/mol. The second-order valence-corrected chi connectivity index (χ2v) is 7.74. The summed E-state index contributed by atoms with van der Waals surface area (Å²) < 4.78 is 11.5.